The van der Waals surface area contributed by atoms with Gasteiger partial charge in [0.05, 0.1) is 0 Å². The van der Waals surface area contributed by atoms with Crippen LogP contribution in [0.3, 0.4) is 0 Å². The lowest BCUT2D eigenvalue weighted by Crippen LogP contribution is -2.52. The number of rotatable bonds is 2. The molecule has 8 heteroatoms. The van der Waals surface area contributed by atoms with Gasteiger partial charge in [0.25, 0.3) is 5.91 Å². The monoisotopic (exact) mass is 287 g/mol. The quantitative estimate of drug-likeness (QED) is 0.774. The molecule has 106 valence electrons. The normalized spacial score (nSPS) is 20.6. The van der Waals surface area contributed by atoms with Crippen molar-refractivity contribution in [2.24, 2.45) is 5.14 Å². The summed E-state index contributed by atoms with van der Waals surface area (Å²) in [6.45, 7) is 5.36. The average Bonchev–Trinajstić information content (AvgIpc) is 2.71. The molecule has 0 saturated carbocycles. The number of nitrogens with two attached hydrogens (primary N) is 1. The lowest BCUT2D eigenvalue weighted by atomic mass is 10.2. The number of aryl methyl sites for hydroxylation is 1. The van der Waals surface area contributed by atoms with Gasteiger partial charge in [0.2, 0.25) is 10.0 Å². The fraction of sp³-hybridized carbons (Fsp3) is 0.545. The van der Waals surface area contributed by atoms with Crippen molar-refractivity contribution in [1.29, 1.82) is 0 Å². The van der Waals surface area contributed by atoms with Crippen molar-refractivity contribution in [3.05, 3.63) is 17.6 Å². The van der Waals surface area contributed by atoms with E-state index in [1.807, 2.05) is 6.92 Å². The number of sulfonamides is 1. The van der Waals surface area contributed by atoms with Gasteiger partial charge in [-0.25, -0.2) is 13.6 Å². The molecule has 1 aromatic rings. The summed E-state index contributed by atoms with van der Waals surface area (Å²) >= 11 is 0. The molecule has 0 radical (unpaired) electrons. The van der Waals surface area contributed by atoms with Crippen LogP contribution in [0.25, 0.3) is 0 Å². The van der Waals surface area contributed by atoms with Crippen LogP contribution in [0.2, 0.25) is 0 Å². The Morgan fingerprint density at radius 3 is 2.79 bits per heavy atom. The van der Waals surface area contributed by atoms with Crippen molar-refractivity contribution in [3.8, 4) is 0 Å². The molecule has 1 aliphatic heterocycles. The van der Waals surface area contributed by atoms with Crippen LogP contribution in [0.15, 0.2) is 15.4 Å². The standard InChI is InChI=1S/C11H17N3O4S/c1-7-6-13-3-4-14(7)11(15)9-5-10(8(2)18-9)19(12,16)17/h5,7,13H,3-4,6H2,1-2H3,(H2,12,16,17)/t7-/m0/s1. The molecule has 2 heterocycles. The predicted molar refractivity (Wildman–Crippen MR) is 68.2 cm³/mol. The van der Waals surface area contributed by atoms with Gasteiger partial charge in [-0.1, -0.05) is 0 Å². The minimum atomic E-state index is -3.87. The number of hydrogen-bond donors (Lipinski definition) is 2. The van der Waals surface area contributed by atoms with Gasteiger partial charge in [0.1, 0.15) is 10.7 Å². The topological polar surface area (TPSA) is 106 Å². The third-order valence-electron chi connectivity index (χ3n) is 3.15. The third-order valence-corrected chi connectivity index (χ3v) is 4.17. The number of nitrogens with zero attached hydrogens (tertiary/aromatic N) is 1. The first-order chi connectivity index (χ1) is 8.80. The SMILES string of the molecule is Cc1oc(C(=O)N2CCNC[C@@H]2C)cc1S(N)(=O)=O. The van der Waals surface area contributed by atoms with Gasteiger partial charge in [-0.3, -0.25) is 4.79 Å². The summed E-state index contributed by atoms with van der Waals surface area (Å²) in [5.74, 6) is -0.170. The second-order valence-electron chi connectivity index (χ2n) is 4.63. The van der Waals surface area contributed by atoms with Crippen LogP contribution in [0.5, 0.6) is 0 Å². The van der Waals surface area contributed by atoms with Gasteiger partial charge in [0, 0.05) is 31.7 Å². The molecule has 0 bridgehead atoms. The number of primary sulfonamides is 1. The van der Waals surface area contributed by atoms with Gasteiger partial charge in [0.15, 0.2) is 5.76 Å². The molecule has 1 aromatic heterocycles. The predicted octanol–water partition coefficient (Wildman–Crippen LogP) is -0.331. The van der Waals surface area contributed by atoms with Crippen molar-refractivity contribution < 1.29 is 17.6 Å². The Bertz CT molecular complexity index is 593. The van der Waals surface area contributed by atoms with Crippen LogP contribution < -0.4 is 10.5 Å². The molecule has 3 N–H and O–H groups in total. The lowest BCUT2D eigenvalue weighted by Gasteiger charge is -2.33. The molecular formula is C11H17N3O4S. The molecule has 1 aliphatic rings. The zero-order valence-electron chi connectivity index (χ0n) is 10.8. The molecule has 0 aromatic carbocycles. The van der Waals surface area contributed by atoms with E-state index < -0.39 is 10.0 Å². The number of amides is 1. The van der Waals surface area contributed by atoms with Crippen molar-refractivity contribution >= 4 is 15.9 Å². The molecule has 0 spiro atoms. The molecule has 1 atom stereocenters. The first kappa shape index (κ1) is 14.0. The van der Waals surface area contributed by atoms with E-state index in [2.05, 4.69) is 5.32 Å². The van der Waals surface area contributed by atoms with Crippen LogP contribution in [0.1, 0.15) is 23.2 Å². The molecule has 19 heavy (non-hydrogen) atoms. The van der Waals surface area contributed by atoms with Crippen molar-refractivity contribution in [1.82, 2.24) is 10.2 Å². The van der Waals surface area contributed by atoms with E-state index in [1.165, 1.54) is 13.0 Å². The summed E-state index contributed by atoms with van der Waals surface area (Å²) in [7, 11) is -3.87. The lowest BCUT2D eigenvalue weighted by molar-refractivity contribution is 0.0622. The zero-order valence-corrected chi connectivity index (χ0v) is 11.7. The summed E-state index contributed by atoms with van der Waals surface area (Å²) in [6.07, 6.45) is 0. The first-order valence-electron chi connectivity index (χ1n) is 5.95. The van der Waals surface area contributed by atoms with Gasteiger partial charge in [-0.2, -0.15) is 0 Å². The van der Waals surface area contributed by atoms with Crippen LogP contribution in [-0.4, -0.2) is 44.9 Å². The molecular weight excluding hydrogens is 270 g/mol. The van der Waals surface area contributed by atoms with Crippen LogP contribution in [0.4, 0.5) is 0 Å². The Kier molecular flexibility index (Phi) is 3.66. The summed E-state index contributed by atoms with van der Waals surface area (Å²) in [4.78, 5) is 13.8. The Morgan fingerprint density at radius 1 is 1.58 bits per heavy atom. The van der Waals surface area contributed by atoms with Crippen LogP contribution in [0, 0.1) is 6.92 Å². The van der Waals surface area contributed by atoms with Gasteiger partial charge < -0.3 is 14.6 Å². The highest BCUT2D eigenvalue weighted by Crippen LogP contribution is 2.21. The Hall–Kier alpha value is -1.38. The number of nitrogens with one attached hydrogen (secondary N) is 1. The molecule has 1 fully saturated rings. The molecule has 1 saturated heterocycles. The minimum Gasteiger partial charge on any atom is -0.455 e. The number of carbonyl (C=O) groups excluding carboxylic acids is 1. The van der Waals surface area contributed by atoms with Crippen LogP contribution >= 0.6 is 0 Å². The highest BCUT2D eigenvalue weighted by Gasteiger charge is 2.28. The molecule has 7 nitrogen and oxygen atoms in total. The maximum atomic E-state index is 12.3. The van der Waals surface area contributed by atoms with E-state index in [0.717, 1.165) is 0 Å². The van der Waals surface area contributed by atoms with Crippen LogP contribution in [-0.2, 0) is 10.0 Å². The second kappa shape index (κ2) is 4.95. The molecule has 1 amide bonds. The number of hydrogen-bond acceptors (Lipinski definition) is 5. The van der Waals surface area contributed by atoms with E-state index in [0.29, 0.717) is 19.6 Å². The third kappa shape index (κ3) is 2.80. The van der Waals surface area contributed by atoms with E-state index in [9.17, 15) is 13.2 Å². The highest BCUT2D eigenvalue weighted by molar-refractivity contribution is 7.89. The molecule has 2 rings (SSSR count). The zero-order chi connectivity index (χ0) is 14.2. The first-order valence-corrected chi connectivity index (χ1v) is 7.50. The smallest absolute Gasteiger partial charge is 0.289 e. The van der Waals surface area contributed by atoms with E-state index >= 15 is 0 Å². The Balaban J connectivity index is 2.30. The highest BCUT2D eigenvalue weighted by atomic mass is 32.2. The Morgan fingerprint density at radius 2 is 2.26 bits per heavy atom. The van der Waals surface area contributed by atoms with E-state index in [1.54, 1.807) is 4.90 Å². The number of furan rings is 1. The van der Waals surface area contributed by atoms with E-state index in [-0.39, 0.29) is 28.4 Å². The van der Waals surface area contributed by atoms with Crippen molar-refractivity contribution in [3.63, 3.8) is 0 Å². The average molecular weight is 287 g/mol. The number of piperazine rings is 1. The van der Waals surface area contributed by atoms with Gasteiger partial charge in [-0.05, 0) is 13.8 Å². The van der Waals surface area contributed by atoms with Crippen molar-refractivity contribution in [2.75, 3.05) is 19.6 Å². The molecule has 0 unspecified atom stereocenters. The second-order valence-corrected chi connectivity index (χ2v) is 6.16. The maximum Gasteiger partial charge on any atom is 0.289 e. The largest absolute Gasteiger partial charge is 0.455 e. The molecule has 0 aliphatic carbocycles. The van der Waals surface area contributed by atoms with E-state index in [4.69, 9.17) is 9.56 Å². The number of carbonyl (C=O) groups is 1. The summed E-state index contributed by atoms with van der Waals surface area (Å²) < 4.78 is 27.9. The summed E-state index contributed by atoms with van der Waals surface area (Å²) in [6, 6.07) is 1.23. The summed E-state index contributed by atoms with van der Waals surface area (Å²) in [5.41, 5.74) is 0. The summed E-state index contributed by atoms with van der Waals surface area (Å²) in [5, 5.41) is 8.23. The fourth-order valence-corrected chi connectivity index (χ4v) is 2.85. The Labute approximate surface area is 111 Å². The van der Waals surface area contributed by atoms with Crippen molar-refractivity contribution in [2.45, 2.75) is 24.8 Å². The minimum absolute atomic E-state index is 0.00951. The van der Waals surface area contributed by atoms with Gasteiger partial charge in [-0.15, -0.1) is 0 Å². The fourth-order valence-electron chi connectivity index (χ4n) is 2.14. The van der Waals surface area contributed by atoms with Gasteiger partial charge >= 0.3 is 0 Å². The maximum absolute atomic E-state index is 12.3.